The van der Waals surface area contributed by atoms with Crippen molar-refractivity contribution < 1.29 is 18.7 Å². The van der Waals surface area contributed by atoms with Gasteiger partial charge in [0.15, 0.2) is 5.75 Å². The molecule has 0 aliphatic heterocycles. The van der Waals surface area contributed by atoms with Crippen molar-refractivity contribution in [2.45, 2.75) is 53.9 Å². The van der Waals surface area contributed by atoms with Crippen LogP contribution in [0.15, 0.2) is 36.2 Å². The molecule has 0 aliphatic rings. The zero-order chi connectivity index (χ0) is 29.7. The summed E-state index contributed by atoms with van der Waals surface area (Å²) >= 11 is 1.39. The van der Waals surface area contributed by atoms with E-state index in [2.05, 4.69) is 36.1 Å². The molecule has 0 heterocycles. The number of nitrogens with two attached hydrogens (primary N) is 2. The van der Waals surface area contributed by atoms with Crippen LogP contribution in [0.3, 0.4) is 0 Å². The predicted octanol–water partition coefficient (Wildman–Crippen LogP) is 5.02. The molecule has 0 saturated carbocycles. The summed E-state index contributed by atoms with van der Waals surface area (Å²) in [5, 5.41) is 6.61. The van der Waals surface area contributed by atoms with Crippen LogP contribution >= 0.6 is 11.9 Å². The van der Waals surface area contributed by atoms with Gasteiger partial charge in [0.25, 0.3) is 11.8 Å². The van der Waals surface area contributed by atoms with Crippen LogP contribution in [0.1, 0.15) is 63.0 Å². The summed E-state index contributed by atoms with van der Waals surface area (Å²) in [5.74, 6) is 4.87. The summed E-state index contributed by atoms with van der Waals surface area (Å²) in [5.41, 5.74) is 7.89. The first kappa shape index (κ1) is 31.8. The number of hydrogen-bond donors (Lipinski definition) is 5. The van der Waals surface area contributed by atoms with Gasteiger partial charge in [0, 0.05) is 30.1 Å². The third-order valence-corrected chi connectivity index (χ3v) is 6.22. The molecule has 0 unspecified atom stereocenters. The molecule has 0 spiro atoms. The maximum absolute atomic E-state index is 14.9. The topological polar surface area (TPSA) is 135 Å². The quantitative estimate of drug-likeness (QED) is 0.125. The molecule has 11 heteroatoms. The number of carbonyl (C=O) groups is 2. The Morgan fingerprint density at radius 3 is 2.26 bits per heavy atom. The Kier molecular flexibility index (Phi) is 10.3. The van der Waals surface area contributed by atoms with Gasteiger partial charge in [-0.25, -0.2) is 10.2 Å². The second-order valence-electron chi connectivity index (χ2n) is 11.5. The van der Waals surface area contributed by atoms with Crippen LogP contribution in [-0.2, 0) is 10.2 Å². The van der Waals surface area contributed by atoms with Crippen LogP contribution in [0.2, 0.25) is 0 Å². The van der Waals surface area contributed by atoms with Gasteiger partial charge >= 0.3 is 0 Å². The number of rotatable bonds is 9. The van der Waals surface area contributed by atoms with Gasteiger partial charge in [-0.15, -0.1) is 0 Å². The van der Waals surface area contributed by atoms with Crippen molar-refractivity contribution in [3.05, 3.63) is 58.7 Å². The summed E-state index contributed by atoms with van der Waals surface area (Å²) in [7, 11) is 1.51. The lowest BCUT2D eigenvalue weighted by Gasteiger charge is -2.24. The Bertz CT molecular complexity index is 1250. The zero-order valence-electron chi connectivity index (χ0n) is 24.2. The van der Waals surface area contributed by atoms with E-state index in [0.29, 0.717) is 23.7 Å². The number of hydrazine groups is 1. The predicted molar refractivity (Wildman–Crippen MR) is 159 cm³/mol. The van der Waals surface area contributed by atoms with Crippen molar-refractivity contribution in [2.24, 2.45) is 17.0 Å². The normalized spacial score (nSPS) is 12.1. The van der Waals surface area contributed by atoms with Gasteiger partial charge in [0.05, 0.1) is 24.2 Å². The van der Waals surface area contributed by atoms with Crippen molar-refractivity contribution in [3.8, 4) is 5.75 Å². The van der Waals surface area contributed by atoms with Crippen LogP contribution in [0, 0.1) is 18.2 Å². The molecule has 2 amide bonds. The highest BCUT2D eigenvalue weighted by Gasteiger charge is 2.22. The van der Waals surface area contributed by atoms with Gasteiger partial charge in [-0.05, 0) is 47.6 Å². The summed E-state index contributed by atoms with van der Waals surface area (Å²) in [4.78, 5) is 25.7. The fraction of sp³-hybridized carbons (Fsp3) is 0.429. The van der Waals surface area contributed by atoms with Crippen molar-refractivity contribution in [2.75, 3.05) is 35.0 Å². The molecule has 214 valence electrons. The maximum atomic E-state index is 14.9. The van der Waals surface area contributed by atoms with E-state index < -0.39 is 17.6 Å². The third kappa shape index (κ3) is 8.52. The second-order valence-corrected chi connectivity index (χ2v) is 12.1. The van der Waals surface area contributed by atoms with Crippen LogP contribution in [0.5, 0.6) is 5.75 Å². The number of ether oxygens (including phenoxy) is 1. The van der Waals surface area contributed by atoms with Crippen LogP contribution in [-0.4, -0.2) is 31.7 Å². The lowest BCUT2D eigenvalue weighted by Crippen LogP contribution is -2.37. The van der Waals surface area contributed by atoms with Crippen molar-refractivity contribution in [3.63, 3.8) is 0 Å². The number of anilines is 3. The summed E-state index contributed by atoms with van der Waals surface area (Å²) in [6.45, 7) is 14.0. The van der Waals surface area contributed by atoms with Crippen molar-refractivity contribution in [1.29, 1.82) is 0 Å². The second kappa shape index (κ2) is 12.6. The summed E-state index contributed by atoms with van der Waals surface area (Å²) in [6, 6.07) is 6.37. The average molecular weight is 561 g/mol. The van der Waals surface area contributed by atoms with Gasteiger partial charge in [0.2, 0.25) is 0 Å². The van der Waals surface area contributed by atoms with Gasteiger partial charge in [-0.3, -0.25) is 14.6 Å². The molecule has 0 saturated heterocycles. The third-order valence-electron chi connectivity index (χ3n) is 5.80. The number of hydrogen-bond acceptors (Lipinski definition) is 8. The molecule has 0 fully saturated rings. The number of nitrogens with zero attached hydrogens (tertiary/aromatic N) is 1. The van der Waals surface area contributed by atoms with E-state index in [9.17, 15) is 14.0 Å². The van der Waals surface area contributed by atoms with Gasteiger partial charge < -0.3 is 25.8 Å². The monoisotopic (exact) mass is 560 g/mol. The van der Waals surface area contributed by atoms with Crippen molar-refractivity contribution >= 4 is 40.8 Å². The Balaban J connectivity index is 2.43. The first-order chi connectivity index (χ1) is 18.0. The molecule has 0 radical (unpaired) electrons. The molecule has 7 N–H and O–H groups in total. The van der Waals surface area contributed by atoms with Crippen molar-refractivity contribution in [1.82, 2.24) is 5.32 Å². The fourth-order valence-corrected chi connectivity index (χ4v) is 3.92. The SMILES string of the molecule is COc1c(NSC)cc(C(C)(C)C)cc1NC(=O)c1cc(F)c(C)c(N(N)/C=C(\N)C(=O)NCC(C)(C)C)c1. The number of amides is 2. The van der Waals surface area contributed by atoms with E-state index in [4.69, 9.17) is 16.3 Å². The summed E-state index contributed by atoms with van der Waals surface area (Å²) in [6.07, 6.45) is 3.07. The van der Waals surface area contributed by atoms with Crippen LogP contribution in [0.25, 0.3) is 0 Å². The first-order valence-corrected chi connectivity index (χ1v) is 13.6. The molecule has 0 atom stereocenters. The zero-order valence-corrected chi connectivity index (χ0v) is 25.0. The molecular formula is C28H41FN6O3S. The average Bonchev–Trinajstić information content (AvgIpc) is 2.82. The highest BCUT2D eigenvalue weighted by atomic mass is 32.2. The minimum atomic E-state index is -0.641. The molecule has 0 bridgehead atoms. The molecule has 0 aliphatic carbocycles. The lowest BCUT2D eigenvalue weighted by molar-refractivity contribution is -0.117. The number of carbonyl (C=O) groups excluding carboxylic acids is 2. The van der Waals surface area contributed by atoms with E-state index >= 15 is 0 Å². The Morgan fingerprint density at radius 2 is 1.72 bits per heavy atom. The molecule has 2 rings (SSSR count). The maximum Gasteiger partial charge on any atom is 0.268 e. The Hall–Kier alpha value is -3.44. The van der Waals surface area contributed by atoms with Gasteiger partial charge in [0.1, 0.15) is 11.5 Å². The molecule has 2 aromatic carbocycles. The molecular weight excluding hydrogens is 519 g/mol. The number of methoxy groups -OCH3 is 1. The van der Waals surface area contributed by atoms with Gasteiger partial charge in [-0.1, -0.05) is 53.5 Å². The van der Waals surface area contributed by atoms with E-state index in [0.717, 1.165) is 16.6 Å². The van der Waals surface area contributed by atoms with E-state index in [-0.39, 0.29) is 33.3 Å². The molecule has 9 nitrogen and oxygen atoms in total. The number of halogens is 1. The smallest absolute Gasteiger partial charge is 0.268 e. The van der Waals surface area contributed by atoms with E-state index in [1.54, 1.807) is 0 Å². The Labute approximate surface area is 235 Å². The first-order valence-electron chi connectivity index (χ1n) is 12.4. The van der Waals surface area contributed by atoms with Crippen LogP contribution in [0.4, 0.5) is 21.5 Å². The summed E-state index contributed by atoms with van der Waals surface area (Å²) < 4.78 is 23.7. The molecule has 2 aromatic rings. The fourth-order valence-electron chi connectivity index (χ4n) is 3.54. The van der Waals surface area contributed by atoms with Gasteiger partial charge in [-0.2, -0.15) is 0 Å². The molecule has 0 aromatic heterocycles. The largest absolute Gasteiger partial charge is 0.492 e. The Morgan fingerprint density at radius 1 is 1.10 bits per heavy atom. The molecule has 39 heavy (non-hydrogen) atoms. The number of benzene rings is 2. The van der Waals surface area contributed by atoms with E-state index in [1.165, 1.54) is 38.2 Å². The van der Waals surface area contributed by atoms with Crippen LogP contribution < -0.4 is 36.7 Å². The highest BCUT2D eigenvalue weighted by Crippen LogP contribution is 2.40. The van der Waals surface area contributed by atoms with E-state index in [1.807, 2.05) is 39.2 Å². The lowest BCUT2D eigenvalue weighted by atomic mass is 9.86. The standard InChI is InChI=1S/C28H41FN6O3S/c1-16-19(29)10-17(11-23(16)35(31)14-20(30)26(37)32-15-27(2,3)4)25(36)33-21-12-18(28(5,6)7)13-22(34-39-9)24(21)38-8/h10-14,34H,15,30-31H2,1-9H3,(H,32,37)(H,33,36)/b20-14-. The number of nitrogens with one attached hydrogen (secondary N) is 3. The minimum Gasteiger partial charge on any atom is -0.492 e. The minimum absolute atomic E-state index is 0.0234. The highest BCUT2D eigenvalue weighted by molar-refractivity contribution is 7.99.